The SMILES string of the molecule is CC(C)(C)c1cc(-c2cc3oc4ccccc4c3cn2)c2[nH]c3c(-c4cccc(-c5ccccc5)n4)cc(C(C)(C)C)cc3c2c1. The lowest BCUT2D eigenvalue weighted by Gasteiger charge is -2.21. The number of pyridine rings is 2. The van der Waals surface area contributed by atoms with E-state index in [0.717, 1.165) is 66.7 Å². The van der Waals surface area contributed by atoms with E-state index < -0.39 is 0 Å². The highest BCUT2D eigenvalue weighted by Crippen LogP contribution is 2.43. The number of aromatic amines is 1. The number of nitrogens with one attached hydrogen (secondary N) is 1. The Morgan fingerprint density at radius 3 is 1.80 bits per heavy atom. The van der Waals surface area contributed by atoms with Crippen molar-refractivity contribution in [2.24, 2.45) is 0 Å². The first-order chi connectivity index (χ1) is 22.0. The van der Waals surface area contributed by atoms with E-state index in [1.54, 1.807) is 0 Å². The van der Waals surface area contributed by atoms with Gasteiger partial charge < -0.3 is 9.40 Å². The lowest BCUT2D eigenvalue weighted by molar-refractivity contribution is 0.590. The van der Waals surface area contributed by atoms with E-state index in [9.17, 15) is 0 Å². The fourth-order valence-electron chi connectivity index (χ4n) is 6.50. The van der Waals surface area contributed by atoms with Crippen molar-refractivity contribution < 1.29 is 4.42 Å². The summed E-state index contributed by atoms with van der Waals surface area (Å²) in [5, 5.41) is 4.50. The van der Waals surface area contributed by atoms with Crippen molar-refractivity contribution in [2.75, 3.05) is 0 Å². The molecule has 4 heterocycles. The van der Waals surface area contributed by atoms with Crippen LogP contribution in [0.15, 0.2) is 114 Å². The van der Waals surface area contributed by atoms with Crippen molar-refractivity contribution >= 4 is 43.7 Å². The minimum atomic E-state index is -0.0635. The third-order valence-electron chi connectivity index (χ3n) is 9.18. The monoisotopic (exact) mass is 599 g/mol. The summed E-state index contributed by atoms with van der Waals surface area (Å²) in [4.78, 5) is 14.1. The van der Waals surface area contributed by atoms with Gasteiger partial charge in [-0.3, -0.25) is 4.98 Å². The zero-order chi connectivity index (χ0) is 31.8. The van der Waals surface area contributed by atoms with Gasteiger partial charge in [0, 0.05) is 50.5 Å². The highest BCUT2D eigenvalue weighted by atomic mass is 16.3. The minimum absolute atomic E-state index is 0.0536. The van der Waals surface area contributed by atoms with E-state index in [1.165, 1.54) is 21.9 Å². The molecule has 46 heavy (non-hydrogen) atoms. The highest BCUT2D eigenvalue weighted by molar-refractivity contribution is 6.16. The van der Waals surface area contributed by atoms with Gasteiger partial charge in [-0.15, -0.1) is 0 Å². The van der Waals surface area contributed by atoms with E-state index in [4.69, 9.17) is 14.4 Å². The Morgan fingerprint density at radius 2 is 1.13 bits per heavy atom. The third kappa shape index (κ3) is 4.68. The molecule has 0 aliphatic carbocycles. The molecule has 0 radical (unpaired) electrons. The van der Waals surface area contributed by atoms with Crippen LogP contribution in [0, 0.1) is 0 Å². The summed E-state index contributed by atoms with van der Waals surface area (Å²) in [6.45, 7) is 13.6. The number of hydrogen-bond donors (Lipinski definition) is 1. The maximum atomic E-state index is 6.30. The van der Waals surface area contributed by atoms with Crippen LogP contribution in [0.4, 0.5) is 0 Å². The number of hydrogen-bond acceptors (Lipinski definition) is 3. The number of fused-ring (bicyclic) bond motifs is 6. The van der Waals surface area contributed by atoms with Crippen molar-refractivity contribution in [2.45, 2.75) is 52.4 Å². The molecule has 4 nitrogen and oxygen atoms in total. The van der Waals surface area contributed by atoms with Crippen LogP contribution in [-0.2, 0) is 10.8 Å². The Bertz CT molecular complexity index is 2430. The van der Waals surface area contributed by atoms with Crippen molar-refractivity contribution in [1.29, 1.82) is 0 Å². The molecule has 0 unspecified atom stereocenters. The predicted octanol–water partition coefficient (Wildman–Crippen LogP) is 11.6. The molecule has 4 aromatic heterocycles. The predicted molar refractivity (Wildman–Crippen MR) is 192 cm³/mol. The highest BCUT2D eigenvalue weighted by Gasteiger charge is 2.24. The topological polar surface area (TPSA) is 54.7 Å². The second kappa shape index (κ2) is 10.1. The Hall–Kier alpha value is -5.22. The van der Waals surface area contributed by atoms with E-state index in [1.807, 2.05) is 30.5 Å². The van der Waals surface area contributed by atoms with Gasteiger partial charge in [0.15, 0.2) is 0 Å². The smallest absolute Gasteiger partial charge is 0.139 e. The van der Waals surface area contributed by atoms with Gasteiger partial charge in [-0.2, -0.15) is 0 Å². The van der Waals surface area contributed by atoms with Crippen molar-refractivity contribution in [3.63, 3.8) is 0 Å². The molecule has 226 valence electrons. The molecule has 0 spiro atoms. The van der Waals surface area contributed by atoms with Crippen LogP contribution in [0.2, 0.25) is 0 Å². The largest absolute Gasteiger partial charge is 0.456 e. The summed E-state index contributed by atoms with van der Waals surface area (Å²) in [6, 6.07) is 36.3. The maximum Gasteiger partial charge on any atom is 0.139 e. The van der Waals surface area contributed by atoms with E-state index in [0.29, 0.717) is 0 Å². The van der Waals surface area contributed by atoms with Gasteiger partial charge >= 0.3 is 0 Å². The summed E-state index contributed by atoms with van der Waals surface area (Å²) in [5.41, 5.74) is 12.3. The summed E-state index contributed by atoms with van der Waals surface area (Å²) in [5.74, 6) is 0. The van der Waals surface area contributed by atoms with Crippen molar-refractivity contribution in [1.82, 2.24) is 15.0 Å². The zero-order valence-electron chi connectivity index (χ0n) is 27.2. The molecule has 0 aliphatic heterocycles. The molecular formula is C42H37N3O. The first-order valence-electron chi connectivity index (χ1n) is 16.0. The van der Waals surface area contributed by atoms with Crippen LogP contribution in [0.3, 0.4) is 0 Å². The fraction of sp³-hybridized carbons (Fsp3) is 0.190. The standard InChI is InChI=1S/C42H37N3O/c1-41(2,3)26-19-29-30-20-27(42(4,5)6)22-32(36-23-38-33(24-43-36)28-15-10-11-18-37(28)46-38)40(30)45-39(29)31(21-26)35-17-12-16-34(44-35)25-13-8-7-9-14-25/h7-24,45H,1-6H3. The van der Waals surface area contributed by atoms with E-state index >= 15 is 0 Å². The van der Waals surface area contributed by atoms with Gasteiger partial charge in [-0.05, 0) is 64.4 Å². The number of aromatic nitrogens is 3. The second-order valence-electron chi connectivity index (χ2n) is 14.5. The summed E-state index contributed by atoms with van der Waals surface area (Å²) in [7, 11) is 0. The number of H-pyrrole nitrogens is 1. The molecule has 8 aromatic rings. The number of rotatable bonds is 3. The van der Waals surface area contributed by atoms with Crippen molar-refractivity contribution in [3.8, 4) is 33.8 Å². The van der Waals surface area contributed by atoms with E-state index in [2.05, 4.69) is 125 Å². The maximum absolute atomic E-state index is 6.30. The molecule has 8 rings (SSSR count). The van der Waals surface area contributed by atoms with Gasteiger partial charge in [0.25, 0.3) is 0 Å². The number of para-hydroxylation sites is 1. The van der Waals surface area contributed by atoms with Crippen LogP contribution < -0.4 is 0 Å². The Morgan fingerprint density at radius 1 is 0.522 bits per heavy atom. The molecular weight excluding hydrogens is 562 g/mol. The fourth-order valence-corrected chi connectivity index (χ4v) is 6.50. The Kier molecular flexibility index (Phi) is 6.24. The minimum Gasteiger partial charge on any atom is -0.456 e. The zero-order valence-corrected chi connectivity index (χ0v) is 27.2. The molecule has 4 aromatic carbocycles. The van der Waals surface area contributed by atoms with Crippen LogP contribution in [0.1, 0.15) is 52.7 Å². The second-order valence-corrected chi connectivity index (χ2v) is 14.5. The summed E-state index contributed by atoms with van der Waals surface area (Å²) < 4.78 is 6.30. The molecule has 1 N–H and O–H groups in total. The first kappa shape index (κ1) is 28.3. The van der Waals surface area contributed by atoms with Gasteiger partial charge in [-0.1, -0.05) is 96.1 Å². The molecule has 0 atom stereocenters. The van der Waals surface area contributed by atoms with Crippen LogP contribution >= 0.6 is 0 Å². The van der Waals surface area contributed by atoms with Crippen LogP contribution in [0.25, 0.3) is 77.5 Å². The number of benzene rings is 4. The van der Waals surface area contributed by atoms with Crippen molar-refractivity contribution in [3.05, 3.63) is 120 Å². The lowest BCUT2D eigenvalue weighted by atomic mass is 9.83. The molecule has 4 heteroatoms. The average Bonchev–Trinajstić information content (AvgIpc) is 3.61. The molecule has 0 bridgehead atoms. The molecule has 0 amide bonds. The van der Waals surface area contributed by atoms with E-state index in [-0.39, 0.29) is 10.8 Å². The normalized spacial score (nSPS) is 12.6. The first-order valence-corrected chi connectivity index (χ1v) is 16.0. The number of nitrogens with zero attached hydrogens (tertiary/aromatic N) is 2. The molecule has 0 aliphatic rings. The van der Waals surface area contributed by atoms with Crippen LogP contribution in [-0.4, -0.2) is 15.0 Å². The Labute approximate surface area is 269 Å². The number of furan rings is 1. The quantitative estimate of drug-likeness (QED) is 0.220. The van der Waals surface area contributed by atoms with Gasteiger partial charge in [0.2, 0.25) is 0 Å². The third-order valence-corrected chi connectivity index (χ3v) is 9.18. The summed E-state index contributed by atoms with van der Waals surface area (Å²) in [6.07, 6.45) is 1.96. The lowest BCUT2D eigenvalue weighted by Crippen LogP contribution is -2.11. The van der Waals surface area contributed by atoms with Gasteiger partial charge in [0.1, 0.15) is 11.2 Å². The van der Waals surface area contributed by atoms with Gasteiger partial charge in [-0.25, -0.2) is 4.98 Å². The van der Waals surface area contributed by atoms with Gasteiger partial charge in [0.05, 0.1) is 28.1 Å². The molecule has 0 saturated heterocycles. The Balaban J connectivity index is 1.43. The summed E-state index contributed by atoms with van der Waals surface area (Å²) >= 11 is 0. The molecule has 0 fully saturated rings. The molecule has 0 saturated carbocycles. The van der Waals surface area contributed by atoms with Crippen LogP contribution in [0.5, 0.6) is 0 Å². The average molecular weight is 600 g/mol.